The number of nitrogens with zero attached hydrogens (tertiary/aromatic N) is 2. The molecular weight excluding hydrogens is 256 g/mol. The molecule has 0 N–H and O–H groups in total. The summed E-state index contributed by atoms with van der Waals surface area (Å²) in [7, 11) is 0. The van der Waals surface area contributed by atoms with E-state index in [-0.39, 0.29) is 0 Å². The van der Waals surface area contributed by atoms with Crippen LogP contribution in [0.15, 0.2) is 30.3 Å². The van der Waals surface area contributed by atoms with Crippen LogP contribution in [0.25, 0.3) is 0 Å². The van der Waals surface area contributed by atoms with Gasteiger partial charge in [0.15, 0.2) is 0 Å². The van der Waals surface area contributed by atoms with Crippen LogP contribution in [0.2, 0.25) is 5.15 Å². The van der Waals surface area contributed by atoms with Gasteiger partial charge in [-0.25, -0.2) is 9.97 Å². The zero-order chi connectivity index (χ0) is 13.2. The van der Waals surface area contributed by atoms with E-state index >= 15 is 0 Å². The fraction of sp³-hybridized carbons (Fsp3) is 0.375. The third-order valence-corrected chi connectivity index (χ3v) is 4.00. The summed E-state index contributed by atoms with van der Waals surface area (Å²) in [6.07, 6.45) is 4.36. The molecule has 1 unspecified atom stereocenters. The molecular formula is C16H17ClN2. The van der Waals surface area contributed by atoms with Gasteiger partial charge in [0.25, 0.3) is 0 Å². The first kappa shape index (κ1) is 12.6. The predicted octanol–water partition coefficient (Wildman–Crippen LogP) is 4.16. The van der Waals surface area contributed by atoms with E-state index in [0.717, 1.165) is 30.8 Å². The van der Waals surface area contributed by atoms with E-state index in [4.69, 9.17) is 11.6 Å². The maximum atomic E-state index is 6.12. The largest absolute Gasteiger partial charge is 0.237 e. The number of benzene rings is 1. The molecule has 1 heterocycles. The lowest BCUT2D eigenvalue weighted by molar-refractivity contribution is 0.587. The summed E-state index contributed by atoms with van der Waals surface area (Å²) in [5.74, 6) is 1.19. The van der Waals surface area contributed by atoms with Crippen molar-refractivity contribution in [3.63, 3.8) is 0 Å². The van der Waals surface area contributed by atoms with Gasteiger partial charge in [0, 0.05) is 11.6 Å². The predicted molar refractivity (Wildman–Crippen MR) is 77.6 cm³/mol. The van der Waals surface area contributed by atoms with E-state index in [1.165, 1.54) is 17.5 Å². The average molecular weight is 273 g/mol. The Balaban J connectivity index is 2.06. The van der Waals surface area contributed by atoms with Gasteiger partial charge in [0.2, 0.25) is 0 Å². The molecule has 1 aliphatic carbocycles. The van der Waals surface area contributed by atoms with Crippen LogP contribution < -0.4 is 0 Å². The molecule has 0 saturated carbocycles. The lowest BCUT2D eigenvalue weighted by Crippen LogP contribution is -2.14. The molecule has 3 rings (SSSR count). The van der Waals surface area contributed by atoms with Gasteiger partial charge in [0.05, 0.1) is 0 Å². The van der Waals surface area contributed by atoms with Crippen molar-refractivity contribution in [3.8, 4) is 0 Å². The average Bonchev–Trinajstić information content (AvgIpc) is 2.46. The number of aromatic nitrogens is 2. The third kappa shape index (κ3) is 2.50. The van der Waals surface area contributed by atoms with Crippen LogP contribution in [0.5, 0.6) is 0 Å². The Kier molecular flexibility index (Phi) is 3.52. The second-order valence-corrected chi connectivity index (χ2v) is 5.42. The zero-order valence-corrected chi connectivity index (χ0v) is 11.8. The van der Waals surface area contributed by atoms with Crippen molar-refractivity contribution in [1.82, 2.24) is 9.97 Å². The van der Waals surface area contributed by atoms with Crippen molar-refractivity contribution < 1.29 is 0 Å². The third-order valence-electron chi connectivity index (χ3n) is 3.81. The summed E-state index contributed by atoms with van der Waals surface area (Å²) in [6.45, 7) is 2.09. The minimum atomic E-state index is 0.300. The van der Waals surface area contributed by atoms with Gasteiger partial charge in [-0.1, -0.05) is 42.8 Å². The molecule has 98 valence electrons. The van der Waals surface area contributed by atoms with Gasteiger partial charge in [0.1, 0.15) is 11.0 Å². The molecule has 2 aromatic rings. The maximum absolute atomic E-state index is 6.12. The fourth-order valence-electron chi connectivity index (χ4n) is 2.84. The number of hydrogen-bond donors (Lipinski definition) is 0. The highest BCUT2D eigenvalue weighted by Crippen LogP contribution is 2.35. The Bertz CT molecular complexity index is 595. The van der Waals surface area contributed by atoms with Gasteiger partial charge < -0.3 is 0 Å². The molecule has 0 spiro atoms. The highest BCUT2D eigenvalue weighted by Gasteiger charge is 2.24. The molecule has 0 bridgehead atoms. The number of fused-ring (bicyclic) bond motifs is 1. The first-order valence-corrected chi connectivity index (χ1v) is 7.27. The molecule has 1 aromatic heterocycles. The van der Waals surface area contributed by atoms with E-state index in [1.54, 1.807) is 0 Å². The first-order chi connectivity index (χ1) is 9.28. The minimum Gasteiger partial charge on any atom is -0.237 e. The molecule has 1 aromatic carbocycles. The molecule has 19 heavy (non-hydrogen) atoms. The van der Waals surface area contributed by atoms with Gasteiger partial charge in [-0.15, -0.1) is 0 Å². The molecule has 0 saturated heterocycles. The fourth-order valence-corrected chi connectivity index (χ4v) is 3.06. The van der Waals surface area contributed by atoms with Crippen LogP contribution in [0.3, 0.4) is 0 Å². The van der Waals surface area contributed by atoms with Gasteiger partial charge in [-0.2, -0.15) is 0 Å². The summed E-state index contributed by atoms with van der Waals surface area (Å²) in [5, 5.41) is 0.560. The quantitative estimate of drug-likeness (QED) is 0.767. The van der Waals surface area contributed by atoms with E-state index < -0.39 is 0 Å². The Hall–Kier alpha value is -1.41. The molecule has 1 atom stereocenters. The second kappa shape index (κ2) is 5.30. The minimum absolute atomic E-state index is 0.300. The summed E-state index contributed by atoms with van der Waals surface area (Å²) in [5.41, 5.74) is 3.83. The normalized spacial score (nSPS) is 18.1. The van der Waals surface area contributed by atoms with Crippen LogP contribution in [-0.4, -0.2) is 9.97 Å². The van der Waals surface area contributed by atoms with Crippen molar-refractivity contribution in [1.29, 1.82) is 0 Å². The van der Waals surface area contributed by atoms with Crippen LogP contribution in [0.4, 0.5) is 0 Å². The standard InChI is InChI=1S/C16H17ClN2/c1-2-12-10-15(17)19-16(18-12)14-9-5-7-11-6-3-4-8-13(11)14/h3-4,6,8,10,14H,2,5,7,9H2,1H3. The van der Waals surface area contributed by atoms with Crippen LogP contribution in [0.1, 0.15) is 48.3 Å². The number of rotatable bonds is 2. The molecule has 2 nitrogen and oxygen atoms in total. The zero-order valence-electron chi connectivity index (χ0n) is 11.1. The van der Waals surface area contributed by atoms with E-state index in [9.17, 15) is 0 Å². The van der Waals surface area contributed by atoms with E-state index in [1.807, 2.05) is 6.07 Å². The van der Waals surface area contributed by atoms with E-state index in [0.29, 0.717) is 11.1 Å². The van der Waals surface area contributed by atoms with Gasteiger partial charge >= 0.3 is 0 Å². The van der Waals surface area contributed by atoms with Crippen LogP contribution in [-0.2, 0) is 12.8 Å². The van der Waals surface area contributed by atoms with Crippen molar-refractivity contribution in [3.05, 3.63) is 58.1 Å². The van der Waals surface area contributed by atoms with Crippen molar-refractivity contribution in [2.75, 3.05) is 0 Å². The Morgan fingerprint density at radius 2 is 2.11 bits per heavy atom. The Labute approximate surface area is 118 Å². The van der Waals surface area contributed by atoms with Gasteiger partial charge in [-0.05, 0) is 42.9 Å². The summed E-state index contributed by atoms with van der Waals surface area (Å²) in [6, 6.07) is 10.5. The maximum Gasteiger partial charge on any atom is 0.137 e. The highest BCUT2D eigenvalue weighted by molar-refractivity contribution is 6.29. The molecule has 0 aliphatic heterocycles. The lowest BCUT2D eigenvalue weighted by atomic mass is 9.82. The van der Waals surface area contributed by atoms with Gasteiger partial charge in [-0.3, -0.25) is 0 Å². The Morgan fingerprint density at radius 3 is 2.95 bits per heavy atom. The summed E-state index contributed by atoms with van der Waals surface area (Å²) in [4.78, 5) is 9.14. The number of halogens is 1. The molecule has 0 radical (unpaired) electrons. The second-order valence-electron chi connectivity index (χ2n) is 5.04. The highest BCUT2D eigenvalue weighted by atomic mass is 35.5. The smallest absolute Gasteiger partial charge is 0.137 e. The SMILES string of the molecule is CCc1cc(Cl)nc(C2CCCc3ccccc32)n1. The summed E-state index contributed by atoms with van der Waals surface area (Å²) >= 11 is 6.12. The van der Waals surface area contributed by atoms with E-state index in [2.05, 4.69) is 41.2 Å². The Morgan fingerprint density at radius 1 is 1.26 bits per heavy atom. The summed E-state index contributed by atoms with van der Waals surface area (Å²) < 4.78 is 0. The molecule has 3 heteroatoms. The lowest BCUT2D eigenvalue weighted by Gasteiger charge is -2.24. The monoisotopic (exact) mass is 272 g/mol. The van der Waals surface area contributed by atoms with Crippen molar-refractivity contribution in [2.24, 2.45) is 0 Å². The molecule has 0 amide bonds. The number of hydrogen-bond acceptors (Lipinski definition) is 2. The van der Waals surface area contributed by atoms with Crippen LogP contribution in [0, 0.1) is 0 Å². The topological polar surface area (TPSA) is 25.8 Å². The number of aryl methyl sites for hydroxylation is 2. The van der Waals surface area contributed by atoms with Crippen molar-refractivity contribution >= 4 is 11.6 Å². The van der Waals surface area contributed by atoms with Crippen molar-refractivity contribution in [2.45, 2.75) is 38.5 Å². The van der Waals surface area contributed by atoms with Crippen LogP contribution >= 0.6 is 11.6 Å². The molecule has 1 aliphatic rings. The molecule has 0 fully saturated rings. The first-order valence-electron chi connectivity index (χ1n) is 6.89.